The van der Waals surface area contributed by atoms with Gasteiger partial charge >= 0.3 is 24.4 Å². The van der Waals surface area contributed by atoms with Crippen molar-refractivity contribution >= 4 is 37.2 Å². The van der Waals surface area contributed by atoms with Crippen molar-refractivity contribution in [1.29, 1.82) is 0 Å². The van der Waals surface area contributed by atoms with Crippen LogP contribution in [-0.4, -0.2) is 51.9 Å². The number of nitrogens with two attached hydrogens (primary N) is 1. The van der Waals surface area contributed by atoms with Crippen LogP contribution in [-0.2, 0) is 51.7 Å². The first kappa shape index (κ1) is 46.1. The predicted octanol–water partition coefficient (Wildman–Crippen LogP) is 7.83. The van der Waals surface area contributed by atoms with E-state index in [1.54, 1.807) is 0 Å². The highest BCUT2D eigenvalue weighted by molar-refractivity contribution is 7.92. The van der Waals surface area contributed by atoms with E-state index in [-0.39, 0.29) is 28.8 Å². The molecule has 0 unspecified atom stereocenters. The Bertz CT molecular complexity index is 2540. The fraction of sp³-hybridized carbons (Fsp3) is 0.229. The van der Waals surface area contributed by atoms with Crippen molar-refractivity contribution < 1.29 is 74.3 Å². The van der Waals surface area contributed by atoms with Crippen LogP contribution in [0.3, 0.4) is 0 Å². The Kier molecular flexibility index (Phi) is 13.5. The highest BCUT2D eigenvalue weighted by atomic mass is 32.2. The van der Waals surface area contributed by atoms with Crippen LogP contribution in [0, 0.1) is 11.6 Å². The number of ketones is 1. The number of halogens is 11. The van der Waals surface area contributed by atoms with Gasteiger partial charge in [-0.25, -0.2) is 25.6 Å². The molecule has 0 aliphatic rings. The van der Waals surface area contributed by atoms with Gasteiger partial charge < -0.3 is 10.2 Å². The second-order valence-electron chi connectivity index (χ2n) is 12.2. The third-order valence-corrected chi connectivity index (χ3v) is 10.2. The third kappa shape index (κ3) is 11.5. The first-order chi connectivity index (χ1) is 27.1. The summed E-state index contributed by atoms with van der Waals surface area (Å²) in [6.07, 6.45) is -13.2. The maximum Gasteiger partial charge on any atom is 0.470 e. The summed E-state index contributed by atoms with van der Waals surface area (Å²) >= 11 is 0. The Morgan fingerprint density at radius 1 is 0.644 bits per heavy atom. The van der Waals surface area contributed by atoms with Crippen LogP contribution in [0.1, 0.15) is 38.5 Å². The van der Waals surface area contributed by atoms with Gasteiger partial charge in [0.15, 0.2) is 5.78 Å². The van der Waals surface area contributed by atoms with Gasteiger partial charge in [0.2, 0.25) is 25.9 Å². The third-order valence-electron chi connectivity index (χ3n) is 7.91. The molecule has 0 spiro atoms. The molecule has 5 rings (SSSR count). The van der Waals surface area contributed by atoms with Crippen LogP contribution in [0.2, 0.25) is 0 Å². The van der Waals surface area contributed by atoms with E-state index in [2.05, 4.69) is 14.6 Å². The van der Waals surface area contributed by atoms with E-state index < -0.39 is 103 Å². The van der Waals surface area contributed by atoms with Crippen molar-refractivity contribution in [2.75, 3.05) is 27.7 Å². The van der Waals surface area contributed by atoms with Crippen molar-refractivity contribution in [3.05, 3.63) is 130 Å². The second kappa shape index (κ2) is 17.3. The molecule has 0 radical (unpaired) electrons. The minimum absolute atomic E-state index is 0.0136. The molecule has 0 atom stereocenters. The normalized spacial score (nSPS) is 12.4. The molecule has 318 valence electrons. The van der Waals surface area contributed by atoms with Gasteiger partial charge in [0.05, 0.1) is 54.6 Å². The monoisotopic (exact) mass is 887 g/mol. The Labute approximate surface area is 328 Å². The number of hydrogen-bond donors (Lipinski definition) is 1. The van der Waals surface area contributed by atoms with Crippen molar-refractivity contribution in [2.45, 2.75) is 31.6 Å². The number of sulfonamides is 2. The molecule has 1 aromatic heterocycles. The molecule has 5 aromatic rings. The predicted molar refractivity (Wildman–Crippen MR) is 189 cm³/mol. The Morgan fingerprint density at radius 2 is 1.08 bits per heavy atom. The van der Waals surface area contributed by atoms with Crippen molar-refractivity contribution in [3.63, 3.8) is 0 Å². The summed E-state index contributed by atoms with van der Waals surface area (Å²) in [7, 11) is -8.46. The minimum atomic E-state index is -4.91. The van der Waals surface area contributed by atoms with E-state index in [4.69, 9.17) is 5.73 Å². The van der Waals surface area contributed by atoms with Crippen molar-refractivity contribution in [1.82, 2.24) is 10.2 Å². The van der Waals surface area contributed by atoms with Gasteiger partial charge in [0.1, 0.15) is 11.6 Å². The smallest absolute Gasteiger partial charge is 0.413 e. The number of Topliss-reactive ketones (excluding diaryl/α,β-unsaturated/α-hetero) is 1. The first-order valence-corrected chi connectivity index (χ1v) is 19.8. The highest BCUT2D eigenvalue weighted by Crippen LogP contribution is 2.40. The summed E-state index contributed by atoms with van der Waals surface area (Å²) in [6.45, 7) is -1.82. The zero-order chi connectivity index (χ0) is 44.3. The Morgan fingerprint density at radius 3 is 1.46 bits per heavy atom. The fourth-order valence-corrected chi connectivity index (χ4v) is 6.94. The van der Waals surface area contributed by atoms with E-state index in [0.717, 1.165) is 60.9 Å². The van der Waals surface area contributed by atoms with E-state index in [1.165, 1.54) is 18.2 Å². The number of para-hydroxylation sites is 2. The summed E-state index contributed by atoms with van der Waals surface area (Å²) in [5.74, 6) is -4.85. The summed E-state index contributed by atoms with van der Waals surface area (Å²) in [5.41, 5.74) is 0.683. The van der Waals surface area contributed by atoms with Gasteiger partial charge in [-0.3, -0.25) is 13.4 Å². The Hall–Kier alpha value is -5.62. The number of hydrogen-bond acceptors (Lipinski definition) is 9. The highest BCUT2D eigenvalue weighted by Gasteiger charge is 2.39. The van der Waals surface area contributed by atoms with E-state index in [0.29, 0.717) is 27.0 Å². The van der Waals surface area contributed by atoms with Gasteiger partial charge in [-0.05, 0) is 42.5 Å². The molecule has 1 heterocycles. The number of anilines is 2. The maximum absolute atomic E-state index is 14.6. The molecule has 11 nitrogen and oxygen atoms in total. The van der Waals surface area contributed by atoms with Crippen LogP contribution in [0.25, 0.3) is 11.5 Å². The second-order valence-corrected chi connectivity index (χ2v) is 16.0. The molecule has 0 amide bonds. The lowest BCUT2D eigenvalue weighted by molar-refractivity contribution is -0.157. The lowest BCUT2D eigenvalue weighted by Crippen LogP contribution is -2.31. The van der Waals surface area contributed by atoms with E-state index in [9.17, 15) is 69.9 Å². The summed E-state index contributed by atoms with van der Waals surface area (Å²) < 4.78 is 200. The molecule has 0 saturated heterocycles. The number of aromatic nitrogens is 2. The number of alkyl halides is 9. The maximum atomic E-state index is 14.6. The average Bonchev–Trinajstić information content (AvgIpc) is 3.64. The Balaban J connectivity index is 0.000000265. The summed E-state index contributed by atoms with van der Waals surface area (Å²) in [4.78, 5) is 11.5. The molecule has 0 aliphatic carbocycles. The number of nitrogens with zero attached hydrogens (tertiary/aromatic N) is 4. The molecule has 0 aliphatic heterocycles. The fourth-order valence-electron chi connectivity index (χ4n) is 5.16. The molecule has 2 N–H and O–H groups in total. The van der Waals surface area contributed by atoms with Crippen molar-refractivity contribution in [3.8, 4) is 11.5 Å². The number of carbonyl (C=O) groups excluding carboxylic acids is 1. The lowest BCUT2D eigenvalue weighted by atomic mass is 10.1. The van der Waals surface area contributed by atoms with E-state index >= 15 is 0 Å². The van der Waals surface area contributed by atoms with Gasteiger partial charge in [0.25, 0.3) is 0 Å². The summed E-state index contributed by atoms with van der Waals surface area (Å²) in [6, 6.07) is 14.0. The lowest BCUT2D eigenvalue weighted by Gasteiger charge is -2.26. The molecule has 0 saturated carbocycles. The SMILES string of the molecule is CS(=O)(=O)N(Cc1ccc(-c2nnc(C(F)(F)F)o2)cc1F)c1ccccc1C(F)(F)F.CS(=O)(=O)N(Cc1ccc(C(=O)CN)cc1F)c1ccccc1C(F)(F)F. The van der Waals surface area contributed by atoms with Crippen LogP contribution < -0.4 is 14.3 Å². The number of benzene rings is 4. The molecule has 59 heavy (non-hydrogen) atoms. The van der Waals surface area contributed by atoms with Crippen LogP contribution >= 0.6 is 0 Å². The number of carbonyl (C=O) groups is 1. The standard InChI is InChI=1S/C18H12F7N3O3S.C17H16F4N2O3S/c1-32(29,30)28(14-5-3-2-4-12(14)17(20,21)22)9-11-7-6-10(8-13(11)19)15-26-27-16(31-15)18(23,24)25;1-27(25,26)23(15-5-3-2-4-13(15)17(19,20)21)10-12-7-6-11(8-14(12)18)16(24)9-22/h2-8H,9H2,1H3;2-8H,9-10,22H2,1H3. The van der Waals surface area contributed by atoms with Gasteiger partial charge in [0, 0.05) is 22.3 Å². The van der Waals surface area contributed by atoms with E-state index in [1.807, 2.05) is 0 Å². The molecule has 4 aromatic carbocycles. The topological polar surface area (TPSA) is 157 Å². The average molecular weight is 888 g/mol. The minimum Gasteiger partial charge on any atom is -0.413 e. The number of rotatable bonds is 11. The molecular weight excluding hydrogens is 860 g/mol. The zero-order valence-corrected chi connectivity index (χ0v) is 31.6. The molecular formula is C35H28F11N5O6S2. The molecule has 24 heteroatoms. The largest absolute Gasteiger partial charge is 0.470 e. The van der Waals surface area contributed by atoms with Crippen molar-refractivity contribution in [2.24, 2.45) is 5.73 Å². The summed E-state index contributed by atoms with van der Waals surface area (Å²) in [5, 5.41) is 5.99. The van der Waals surface area contributed by atoms with Crippen LogP contribution in [0.5, 0.6) is 0 Å². The van der Waals surface area contributed by atoms with Gasteiger partial charge in [-0.1, -0.05) is 42.5 Å². The zero-order valence-electron chi connectivity index (χ0n) is 30.0. The molecule has 0 fully saturated rings. The first-order valence-electron chi connectivity index (χ1n) is 16.1. The van der Waals surface area contributed by atoms with Crippen LogP contribution in [0.4, 0.5) is 59.7 Å². The van der Waals surface area contributed by atoms with Gasteiger partial charge in [-0.15, -0.1) is 10.2 Å². The molecule has 0 bridgehead atoms. The van der Waals surface area contributed by atoms with Gasteiger partial charge in [-0.2, -0.15) is 39.5 Å². The van der Waals surface area contributed by atoms with Crippen LogP contribution in [0.15, 0.2) is 89.3 Å². The quantitative estimate of drug-likeness (QED) is 0.103.